The molecule has 0 spiro atoms. The van der Waals surface area contributed by atoms with E-state index in [1.165, 1.54) is 10.4 Å². The Morgan fingerprint density at radius 2 is 2.30 bits per heavy atom. The first-order chi connectivity index (χ1) is 11.2. The maximum Gasteiger partial charge on any atom is 0.190 e. The summed E-state index contributed by atoms with van der Waals surface area (Å²) in [4.78, 5) is 5.72. The monoisotopic (exact) mass is 333 g/mol. The highest BCUT2D eigenvalue weighted by Crippen LogP contribution is 2.13. The Balaban J connectivity index is 1.61. The van der Waals surface area contributed by atoms with Crippen molar-refractivity contribution < 1.29 is 0 Å². The highest BCUT2D eigenvalue weighted by atomic mass is 32.1. The van der Waals surface area contributed by atoms with Crippen molar-refractivity contribution in [2.45, 2.75) is 33.2 Å². The van der Waals surface area contributed by atoms with Gasteiger partial charge in [0.15, 0.2) is 5.96 Å². The van der Waals surface area contributed by atoms with Crippen LogP contribution in [0.25, 0.3) is 0 Å². The molecule has 126 valence electrons. The molecule has 0 bridgehead atoms. The lowest BCUT2D eigenvalue weighted by atomic mass is 10.1. The minimum absolute atomic E-state index is 0.583. The van der Waals surface area contributed by atoms with Crippen molar-refractivity contribution in [2.24, 2.45) is 10.9 Å². The molecule has 2 N–H and O–H groups in total. The number of nitrogens with zero attached hydrogens (tertiary/aromatic N) is 3. The molecule has 23 heavy (non-hydrogen) atoms. The molecule has 0 aliphatic rings. The molecule has 1 atom stereocenters. The molecule has 0 aliphatic heterocycles. The molecule has 6 heteroatoms. The molecular weight excluding hydrogens is 306 g/mol. The van der Waals surface area contributed by atoms with E-state index in [0.717, 1.165) is 38.4 Å². The van der Waals surface area contributed by atoms with E-state index >= 15 is 0 Å². The van der Waals surface area contributed by atoms with Crippen molar-refractivity contribution >= 4 is 17.3 Å². The highest BCUT2D eigenvalue weighted by Gasteiger charge is 2.06. The Morgan fingerprint density at radius 3 is 2.96 bits per heavy atom. The van der Waals surface area contributed by atoms with Crippen LogP contribution < -0.4 is 10.6 Å². The average molecular weight is 334 g/mol. The summed E-state index contributed by atoms with van der Waals surface area (Å²) in [6, 6.07) is 4.31. The van der Waals surface area contributed by atoms with Crippen molar-refractivity contribution in [3.63, 3.8) is 0 Å². The Labute approximate surface area is 142 Å². The number of guanidine groups is 1. The third-order valence-corrected chi connectivity index (χ3v) is 4.49. The summed E-state index contributed by atoms with van der Waals surface area (Å²) in [7, 11) is 1.82. The second-order valence-electron chi connectivity index (χ2n) is 5.90. The Bertz CT molecular complexity index is 588. The quantitative estimate of drug-likeness (QED) is 0.444. The summed E-state index contributed by atoms with van der Waals surface area (Å²) in [5.74, 6) is 1.46. The summed E-state index contributed by atoms with van der Waals surface area (Å²) in [6.07, 6.45) is 6.09. The maximum atomic E-state index is 4.29. The van der Waals surface area contributed by atoms with Crippen molar-refractivity contribution in [3.8, 4) is 0 Å². The fourth-order valence-corrected chi connectivity index (χ4v) is 3.24. The lowest BCUT2D eigenvalue weighted by Gasteiger charge is -2.15. The molecule has 0 saturated heterocycles. The first-order valence-corrected chi connectivity index (χ1v) is 9.01. The van der Waals surface area contributed by atoms with Gasteiger partial charge in [0.2, 0.25) is 0 Å². The zero-order valence-electron chi connectivity index (χ0n) is 14.2. The second kappa shape index (κ2) is 9.35. The third kappa shape index (κ3) is 6.44. The number of nitrogens with one attached hydrogen (secondary N) is 2. The van der Waals surface area contributed by atoms with Crippen molar-refractivity contribution in [1.29, 1.82) is 0 Å². The van der Waals surface area contributed by atoms with Gasteiger partial charge in [0, 0.05) is 37.8 Å². The summed E-state index contributed by atoms with van der Waals surface area (Å²) < 4.78 is 1.98. The van der Waals surface area contributed by atoms with Gasteiger partial charge in [-0.15, -0.1) is 11.3 Å². The van der Waals surface area contributed by atoms with Crippen molar-refractivity contribution in [1.82, 2.24) is 20.4 Å². The zero-order valence-corrected chi connectivity index (χ0v) is 15.1. The summed E-state index contributed by atoms with van der Waals surface area (Å²) in [5, 5.41) is 13.2. The number of hydrogen-bond donors (Lipinski definition) is 2. The molecule has 1 unspecified atom stereocenters. The lowest BCUT2D eigenvalue weighted by molar-refractivity contribution is 0.551. The lowest BCUT2D eigenvalue weighted by Crippen LogP contribution is -2.40. The maximum absolute atomic E-state index is 4.29. The molecule has 2 aromatic heterocycles. The molecule has 2 rings (SSSR count). The molecule has 2 aromatic rings. The Morgan fingerprint density at radius 1 is 1.43 bits per heavy atom. The molecule has 5 nitrogen and oxygen atoms in total. The van der Waals surface area contributed by atoms with Crippen LogP contribution in [0.3, 0.4) is 0 Å². The van der Waals surface area contributed by atoms with Crippen LogP contribution in [0.2, 0.25) is 0 Å². The van der Waals surface area contributed by atoms with Gasteiger partial charge in [-0.3, -0.25) is 9.67 Å². The minimum atomic E-state index is 0.583. The number of hydrogen-bond acceptors (Lipinski definition) is 3. The molecule has 0 aliphatic carbocycles. The van der Waals surface area contributed by atoms with E-state index < -0.39 is 0 Å². The SMILES string of the molecule is CN=C(NCCCn1cc(C)cn1)NCC(C)Cc1cccs1. The number of aliphatic imine (C=N–C) groups is 1. The first-order valence-electron chi connectivity index (χ1n) is 8.13. The zero-order chi connectivity index (χ0) is 16.5. The fourth-order valence-electron chi connectivity index (χ4n) is 2.37. The topological polar surface area (TPSA) is 54.2 Å². The van der Waals surface area contributed by atoms with Gasteiger partial charge in [0.1, 0.15) is 0 Å². The van der Waals surface area contributed by atoms with E-state index in [4.69, 9.17) is 0 Å². The summed E-state index contributed by atoms with van der Waals surface area (Å²) >= 11 is 1.83. The molecule has 0 aromatic carbocycles. The van der Waals surface area contributed by atoms with Crippen LogP contribution in [0.1, 0.15) is 23.8 Å². The van der Waals surface area contributed by atoms with Crippen LogP contribution in [0.15, 0.2) is 34.9 Å². The van der Waals surface area contributed by atoms with Gasteiger partial charge >= 0.3 is 0 Å². The van der Waals surface area contributed by atoms with E-state index in [2.05, 4.69) is 58.3 Å². The molecule has 0 radical (unpaired) electrons. The fraction of sp³-hybridized carbons (Fsp3) is 0.529. The van der Waals surface area contributed by atoms with Crippen LogP contribution in [-0.2, 0) is 13.0 Å². The molecular formula is C17H27N5S. The number of rotatable bonds is 8. The Kier molecular flexibility index (Phi) is 7.13. The molecule has 2 heterocycles. The third-order valence-electron chi connectivity index (χ3n) is 3.59. The molecule has 0 fully saturated rings. The summed E-state index contributed by atoms with van der Waals surface area (Å²) in [6.45, 7) is 7.06. The van der Waals surface area contributed by atoms with Gasteiger partial charge in [-0.25, -0.2) is 0 Å². The first kappa shape index (κ1) is 17.5. The number of aromatic nitrogens is 2. The number of thiophene rings is 1. The highest BCUT2D eigenvalue weighted by molar-refractivity contribution is 7.09. The Hall–Kier alpha value is -1.82. The predicted molar refractivity (Wildman–Crippen MR) is 98.1 cm³/mol. The molecule has 0 saturated carbocycles. The van der Waals surface area contributed by atoms with Crippen molar-refractivity contribution in [3.05, 3.63) is 40.3 Å². The van der Waals surface area contributed by atoms with Crippen LogP contribution in [0.4, 0.5) is 0 Å². The standard InChI is InChI=1S/C17H27N5S/c1-14(10-16-6-4-9-23-16)11-20-17(18-3)19-7-5-8-22-13-15(2)12-21-22/h4,6,9,12-14H,5,7-8,10-11H2,1-3H3,(H2,18,19,20). The van der Waals surface area contributed by atoms with Gasteiger partial charge < -0.3 is 10.6 Å². The second-order valence-corrected chi connectivity index (χ2v) is 6.94. The van der Waals surface area contributed by atoms with Gasteiger partial charge in [-0.1, -0.05) is 13.0 Å². The van der Waals surface area contributed by atoms with Crippen LogP contribution in [0, 0.1) is 12.8 Å². The van der Waals surface area contributed by atoms with Crippen LogP contribution in [-0.4, -0.2) is 35.9 Å². The smallest absolute Gasteiger partial charge is 0.190 e. The number of aryl methyl sites for hydroxylation is 2. The van der Waals surface area contributed by atoms with E-state index in [1.807, 2.05) is 29.3 Å². The largest absolute Gasteiger partial charge is 0.356 e. The minimum Gasteiger partial charge on any atom is -0.356 e. The summed E-state index contributed by atoms with van der Waals surface area (Å²) in [5.41, 5.74) is 1.20. The van der Waals surface area contributed by atoms with Gasteiger partial charge in [0.25, 0.3) is 0 Å². The van der Waals surface area contributed by atoms with Crippen LogP contribution in [0.5, 0.6) is 0 Å². The van der Waals surface area contributed by atoms with E-state index in [0.29, 0.717) is 5.92 Å². The van der Waals surface area contributed by atoms with Crippen molar-refractivity contribution in [2.75, 3.05) is 20.1 Å². The van der Waals surface area contributed by atoms with Gasteiger partial charge in [-0.05, 0) is 42.7 Å². The van der Waals surface area contributed by atoms with E-state index in [9.17, 15) is 0 Å². The van der Waals surface area contributed by atoms with Gasteiger partial charge in [-0.2, -0.15) is 5.10 Å². The predicted octanol–water partition coefficient (Wildman–Crippen LogP) is 2.69. The van der Waals surface area contributed by atoms with Crippen LogP contribution >= 0.6 is 11.3 Å². The van der Waals surface area contributed by atoms with E-state index in [1.54, 1.807) is 0 Å². The van der Waals surface area contributed by atoms with E-state index in [-0.39, 0.29) is 0 Å². The average Bonchev–Trinajstić information content (AvgIpc) is 3.18. The normalized spacial score (nSPS) is 13.1. The molecule has 0 amide bonds. The van der Waals surface area contributed by atoms with Gasteiger partial charge in [0.05, 0.1) is 6.20 Å².